The standard InChI is InChI=1S/C16H15ClF3N2O3.C3H9N.C3H6/c1-21(9-24)12(8-23)2-3-15(25)22-6-10-4-13(16(18,19)20)14(17)5-11(10)7-22;1-4(2)3;1-2-3-1/h4-5,8-9H,2-3,6-7H2,1H3;1-3H3;1-3H2/q+1;;. The third-order valence-electron chi connectivity index (χ3n) is 4.37. The van der Waals surface area contributed by atoms with Crippen molar-refractivity contribution in [3.8, 4) is 0 Å². The lowest BCUT2D eigenvalue weighted by atomic mass is 10.1. The van der Waals surface area contributed by atoms with E-state index >= 15 is 0 Å². The maximum Gasteiger partial charge on any atom is 0.417 e. The van der Waals surface area contributed by atoms with Crippen molar-refractivity contribution in [1.29, 1.82) is 0 Å². The second kappa shape index (κ2) is 12.7. The van der Waals surface area contributed by atoms with E-state index in [1.165, 1.54) is 37.3 Å². The van der Waals surface area contributed by atoms with E-state index in [0.29, 0.717) is 23.8 Å². The van der Waals surface area contributed by atoms with Gasteiger partial charge in [0.05, 0.1) is 10.6 Å². The summed E-state index contributed by atoms with van der Waals surface area (Å²) >= 11 is 5.69. The molecular weight excluding hydrogens is 447 g/mol. The second-order valence-corrected chi connectivity index (χ2v) is 8.48. The Kier molecular flexibility index (Phi) is 11.0. The first-order valence-electron chi connectivity index (χ1n) is 10.2. The van der Waals surface area contributed by atoms with Crippen LogP contribution in [0.5, 0.6) is 0 Å². The number of benzene rings is 1. The van der Waals surface area contributed by atoms with E-state index in [9.17, 15) is 27.6 Å². The Morgan fingerprint density at radius 1 is 1.09 bits per heavy atom. The average molecular weight is 477 g/mol. The number of rotatable bonds is 5. The molecule has 1 aromatic carbocycles. The number of halogens is 4. The first kappa shape index (κ1) is 27.8. The number of amides is 2. The van der Waals surface area contributed by atoms with Crippen LogP contribution in [-0.4, -0.2) is 66.9 Å². The monoisotopic (exact) mass is 476 g/mol. The summed E-state index contributed by atoms with van der Waals surface area (Å²) in [5.74, 6) is -0.320. The quantitative estimate of drug-likeness (QED) is 0.369. The molecule has 10 heteroatoms. The van der Waals surface area contributed by atoms with Gasteiger partial charge in [0, 0.05) is 25.9 Å². The maximum atomic E-state index is 12.9. The smallest absolute Gasteiger partial charge is 0.334 e. The number of nitrogens with zero attached hydrogens (tertiary/aromatic N) is 3. The number of fused-ring (bicyclic) bond motifs is 1. The lowest BCUT2D eigenvalue weighted by Gasteiger charge is -2.14. The van der Waals surface area contributed by atoms with Gasteiger partial charge in [-0.25, -0.2) is 4.79 Å². The fourth-order valence-electron chi connectivity index (χ4n) is 2.59. The molecule has 178 valence electrons. The van der Waals surface area contributed by atoms with Crippen molar-refractivity contribution in [1.82, 2.24) is 9.80 Å². The average Bonchev–Trinajstić information content (AvgIpc) is 3.52. The van der Waals surface area contributed by atoms with Gasteiger partial charge in [-0.1, -0.05) is 30.9 Å². The Morgan fingerprint density at radius 2 is 1.59 bits per heavy atom. The zero-order valence-electron chi connectivity index (χ0n) is 18.8. The van der Waals surface area contributed by atoms with Crippen molar-refractivity contribution in [2.45, 2.75) is 51.4 Å². The SMILES string of the molecule is C1CC1.CN(C)C.C[N+](C=O)=C(C=O)CCC(=O)N1Cc2cc(Cl)c(C(F)(F)F)cc2C1. The van der Waals surface area contributed by atoms with Crippen LogP contribution >= 0.6 is 11.6 Å². The molecule has 32 heavy (non-hydrogen) atoms. The van der Waals surface area contributed by atoms with E-state index in [2.05, 4.69) is 0 Å². The van der Waals surface area contributed by atoms with Crippen LogP contribution in [0.4, 0.5) is 13.2 Å². The molecule has 0 atom stereocenters. The first-order valence-corrected chi connectivity index (χ1v) is 10.5. The fourth-order valence-corrected chi connectivity index (χ4v) is 2.89. The Bertz CT molecular complexity index is 847. The second-order valence-electron chi connectivity index (χ2n) is 8.08. The zero-order valence-corrected chi connectivity index (χ0v) is 19.6. The van der Waals surface area contributed by atoms with Crippen molar-refractivity contribution in [2.75, 3.05) is 28.2 Å². The highest BCUT2D eigenvalue weighted by atomic mass is 35.5. The van der Waals surface area contributed by atoms with Crippen LogP contribution in [0.1, 0.15) is 48.8 Å². The third-order valence-corrected chi connectivity index (χ3v) is 4.68. The molecule has 0 bridgehead atoms. The van der Waals surface area contributed by atoms with E-state index in [4.69, 9.17) is 11.6 Å². The molecular formula is C22H30ClF3N3O3+. The number of hydrogen-bond donors (Lipinski definition) is 0. The summed E-state index contributed by atoms with van der Waals surface area (Å²) in [6.07, 6.45) is 0.937. The van der Waals surface area contributed by atoms with Crippen LogP contribution in [0.25, 0.3) is 0 Å². The summed E-state index contributed by atoms with van der Waals surface area (Å²) in [6, 6.07) is 2.20. The van der Waals surface area contributed by atoms with Crippen molar-refractivity contribution in [2.24, 2.45) is 0 Å². The molecule has 0 unspecified atom stereocenters. The molecule has 6 nitrogen and oxygen atoms in total. The predicted molar refractivity (Wildman–Crippen MR) is 117 cm³/mol. The van der Waals surface area contributed by atoms with Gasteiger partial charge >= 0.3 is 12.6 Å². The molecule has 1 saturated carbocycles. The van der Waals surface area contributed by atoms with Crippen molar-refractivity contribution in [3.63, 3.8) is 0 Å². The van der Waals surface area contributed by atoms with E-state index in [1.54, 1.807) is 0 Å². The molecule has 1 heterocycles. The molecule has 1 aliphatic heterocycles. The summed E-state index contributed by atoms with van der Waals surface area (Å²) in [6.45, 7) is 0.209. The minimum atomic E-state index is -4.56. The molecule has 0 spiro atoms. The minimum absolute atomic E-state index is 0.0277. The normalized spacial score (nSPS) is 15.0. The highest BCUT2D eigenvalue weighted by Gasteiger charge is 2.35. The van der Waals surface area contributed by atoms with Crippen LogP contribution in [0.3, 0.4) is 0 Å². The van der Waals surface area contributed by atoms with Gasteiger partial charge in [0.2, 0.25) is 17.9 Å². The first-order chi connectivity index (χ1) is 14.9. The fraction of sp³-hybridized carbons (Fsp3) is 0.545. The lowest BCUT2D eigenvalue weighted by molar-refractivity contribution is -0.401. The van der Waals surface area contributed by atoms with E-state index in [-0.39, 0.29) is 37.6 Å². The summed E-state index contributed by atoms with van der Waals surface area (Å²) in [4.78, 5) is 37.2. The van der Waals surface area contributed by atoms with Gasteiger partial charge in [0.25, 0.3) is 0 Å². The minimum Gasteiger partial charge on any atom is -0.334 e. The van der Waals surface area contributed by atoms with Gasteiger partial charge in [-0.15, -0.1) is 0 Å². The zero-order chi connectivity index (χ0) is 24.5. The van der Waals surface area contributed by atoms with Gasteiger partial charge in [-0.3, -0.25) is 9.59 Å². The molecule has 1 aromatic rings. The number of hydrogen-bond acceptors (Lipinski definition) is 4. The van der Waals surface area contributed by atoms with Crippen molar-refractivity contribution >= 4 is 35.9 Å². The van der Waals surface area contributed by atoms with Crippen LogP contribution in [-0.2, 0) is 33.6 Å². The van der Waals surface area contributed by atoms with Crippen LogP contribution in [0.15, 0.2) is 12.1 Å². The number of aldehydes is 1. The number of carbonyl (C=O) groups is 3. The van der Waals surface area contributed by atoms with Crippen molar-refractivity contribution < 1.29 is 32.1 Å². The van der Waals surface area contributed by atoms with Gasteiger partial charge in [0.1, 0.15) is 7.05 Å². The lowest BCUT2D eigenvalue weighted by Crippen LogP contribution is -2.27. The maximum absolute atomic E-state index is 12.9. The Balaban J connectivity index is 0.000000628. The summed E-state index contributed by atoms with van der Waals surface area (Å²) < 4.78 is 39.8. The Morgan fingerprint density at radius 3 is 2.00 bits per heavy atom. The summed E-state index contributed by atoms with van der Waals surface area (Å²) in [5, 5.41) is -0.398. The molecule has 2 aliphatic rings. The number of alkyl halides is 3. The Hall–Kier alpha value is -2.26. The highest BCUT2D eigenvalue weighted by molar-refractivity contribution is 6.31. The van der Waals surface area contributed by atoms with Crippen LogP contribution < -0.4 is 0 Å². The summed E-state index contributed by atoms with van der Waals surface area (Å²) in [7, 11) is 7.40. The van der Waals surface area contributed by atoms with Gasteiger partial charge in [-0.05, 0) is 44.4 Å². The third kappa shape index (κ3) is 9.48. The molecule has 0 radical (unpaired) electrons. The molecule has 3 rings (SSSR count). The number of carbonyl (C=O) groups excluding carboxylic acids is 3. The highest BCUT2D eigenvalue weighted by Crippen LogP contribution is 2.38. The van der Waals surface area contributed by atoms with Crippen molar-refractivity contribution in [3.05, 3.63) is 33.8 Å². The topological polar surface area (TPSA) is 60.7 Å². The van der Waals surface area contributed by atoms with E-state index in [0.717, 1.165) is 10.6 Å². The Labute approximate surface area is 191 Å². The molecule has 1 fully saturated rings. The van der Waals surface area contributed by atoms with Crippen LogP contribution in [0, 0.1) is 0 Å². The summed E-state index contributed by atoms with van der Waals surface area (Å²) in [5.41, 5.74) is 0.194. The molecule has 2 amide bonds. The van der Waals surface area contributed by atoms with Crippen LogP contribution in [0.2, 0.25) is 5.02 Å². The molecule has 0 aromatic heterocycles. The van der Waals surface area contributed by atoms with Gasteiger partial charge in [-0.2, -0.15) is 17.7 Å². The predicted octanol–water partition coefficient (Wildman–Crippen LogP) is 3.77. The van der Waals surface area contributed by atoms with Gasteiger partial charge < -0.3 is 9.80 Å². The van der Waals surface area contributed by atoms with E-state index in [1.807, 2.05) is 26.0 Å². The molecule has 1 aliphatic carbocycles. The molecule has 0 saturated heterocycles. The molecule has 0 N–H and O–H groups in total. The van der Waals surface area contributed by atoms with Gasteiger partial charge in [0.15, 0.2) is 0 Å². The largest absolute Gasteiger partial charge is 0.417 e. The van der Waals surface area contributed by atoms with E-state index < -0.39 is 16.8 Å².